The van der Waals surface area contributed by atoms with E-state index < -0.39 is 0 Å². The van der Waals surface area contributed by atoms with Gasteiger partial charge in [-0.15, -0.1) is 0 Å². The fourth-order valence-electron chi connectivity index (χ4n) is 3.36. The second kappa shape index (κ2) is 7.52. The Morgan fingerprint density at radius 3 is 2.73 bits per heavy atom. The van der Waals surface area contributed by atoms with Crippen molar-refractivity contribution in [2.24, 2.45) is 0 Å². The van der Waals surface area contributed by atoms with Crippen LogP contribution in [0, 0.1) is 0 Å². The van der Waals surface area contributed by atoms with E-state index in [0.717, 1.165) is 55.9 Å². The summed E-state index contributed by atoms with van der Waals surface area (Å²) in [5.41, 5.74) is 4.62. The quantitative estimate of drug-likeness (QED) is 0.665. The van der Waals surface area contributed by atoms with E-state index >= 15 is 0 Å². The summed E-state index contributed by atoms with van der Waals surface area (Å²) < 4.78 is 0. The molecule has 5 nitrogen and oxygen atoms in total. The van der Waals surface area contributed by atoms with Gasteiger partial charge >= 0.3 is 0 Å². The molecule has 4 rings (SSSR count). The van der Waals surface area contributed by atoms with Crippen LogP contribution in [0.15, 0.2) is 48.8 Å². The maximum atomic E-state index is 9.36. The third-order valence-corrected chi connectivity index (χ3v) is 4.72. The molecule has 3 aromatic rings. The van der Waals surface area contributed by atoms with E-state index in [1.54, 1.807) is 18.3 Å². The number of hydrogen-bond donors (Lipinski definition) is 2. The number of hydrogen-bond acceptors (Lipinski definition) is 5. The number of aryl methyl sites for hydroxylation is 2. The van der Waals surface area contributed by atoms with Crippen molar-refractivity contribution in [3.8, 4) is 17.1 Å². The van der Waals surface area contributed by atoms with Crippen LogP contribution in [0.25, 0.3) is 11.4 Å². The second-order valence-corrected chi connectivity index (χ2v) is 6.61. The molecule has 0 atom stereocenters. The maximum absolute atomic E-state index is 9.36. The van der Waals surface area contributed by atoms with Gasteiger partial charge in [-0.25, -0.2) is 9.97 Å². The molecule has 26 heavy (non-hydrogen) atoms. The summed E-state index contributed by atoms with van der Waals surface area (Å²) in [6, 6.07) is 11.3. The average Bonchev–Trinajstić information content (AvgIpc) is 3.16. The minimum Gasteiger partial charge on any atom is -0.508 e. The van der Waals surface area contributed by atoms with Gasteiger partial charge < -0.3 is 10.4 Å². The van der Waals surface area contributed by atoms with Gasteiger partial charge in [0.2, 0.25) is 0 Å². The number of phenols is 1. The predicted molar refractivity (Wildman–Crippen MR) is 102 cm³/mol. The number of aromatic nitrogens is 3. The lowest BCUT2D eigenvalue weighted by Crippen LogP contribution is -2.09. The maximum Gasteiger partial charge on any atom is 0.163 e. The minimum absolute atomic E-state index is 0.311. The van der Waals surface area contributed by atoms with Crippen LogP contribution in [-0.2, 0) is 19.3 Å². The Hall–Kier alpha value is -2.95. The Kier molecular flexibility index (Phi) is 4.78. The molecular weight excluding hydrogens is 324 g/mol. The smallest absolute Gasteiger partial charge is 0.163 e. The summed E-state index contributed by atoms with van der Waals surface area (Å²) >= 11 is 0. The number of nitrogens with one attached hydrogen (secondary N) is 1. The molecule has 5 heteroatoms. The first kappa shape index (κ1) is 16.5. The Bertz CT molecular complexity index is 879. The predicted octanol–water partition coefficient (Wildman–Crippen LogP) is 3.78. The minimum atomic E-state index is 0.311. The van der Waals surface area contributed by atoms with Gasteiger partial charge in [-0.3, -0.25) is 4.98 Å². The second-order valence-electron chi connectivity index (χ2n) is 6.61. The standard InChI is InChI=1S/C21H22N4O/c26-17-10-8-15(9-11-17)4-2-13-23-21-18-6-1-7-19(18)24-20(25-21)16-5-3-12-22-14-16/h3,5,8-12,14,26H,1-2,4,6-7,13H2,(H,23,24,25). The van der Waals surface area contributed by atoms with Gasteiger partial charge in [0.25, 0.3) is 0 Å². The number of benzene rings is 1. The summed E-state index contributed by atoms with van der Waals surface area (Å²) in [4.78, 5) is 13.7. The van der Waals surface area contributed by atoms with Gasteiger partial charge in [0, 0.05) is 35.8 Å². The van der Waals surface area contributed by atoms with Crippen LogP contribution in [0.5, 0.6) is 5.75 Å². The number of nitrogens with zero attached hydrogens (tertiary/aromatic N) is 3. The van der Waals surface area contributed by atoms with Crippen molar-refractivity contribution in [1.29, 1.82) is 0 Å². The number of phenolic OH excluding ortho intramolecular Hbond substituents is 1. The highest BCUT2D eigenvalue weighted by molar-refractivity contribution is 5.59. The summed E-state index contributed by atoms with van der Waals surface area (Å²) in [6.45, 7) is 0.858. The first-order chi connectivity index (χ1) is 12.8. The number of anilines is 1. The van der Waals surface area contributed by atoms with E-state index in [1.807, 2.05) is 30.5 Å². The molecule has 2 heterocycles. The van der Waals surface area contributed by atoms with E-state index in [0.29, 0.717) is 5.75 Å². The first-order valence-corrected chi connectivity index (χ1v) is 9.11. The molecule has 132 valence electrons. The van der Waals surface area contributed by atoms with Crippen molar-refractivity contribution in [3.05, 3.63) is 65.6 Å². The lowest BCUT2D eigenvalue weighted by Gasteiger charge is -2.12. The molecule has 2 aromatic heterocycles. The number of aromatic hydroxyl groups is 1. The van der Waals surface area contributed by atoms with Crippen molar-refractivity contribution in [3.63, 3.8) is 0 Å². The highest BCUT2D eigenvalue weighted by Crippen LogP contribution is 2.29. The molecule has 0 unspecified atom stereocenters. The van der Waals surface area contributed by atoms with Crippen molar-refractivity contribution >= 4 is 5.82 Å². The molecule has 0 spiro atoms. The molecule has 0 saturated carbocycles. The third-order valence-electron chi connectivity index (χ3n) is 4.72. The molecule has 0 radical (unpaired) electrons. The SMILES string of the molecule is Oc1ccc(CCCNc2nc(-c3cccnc3)nc3c2CCC3)cc1. The van der Waals surface area contributed by atoms with Gasteiger partial charge in [0.05, 0.1) is 0 Å². The van der Waals surface area contributed by atoms with Crippen LogP contribution in [0.1, 0.15) is 29.7 Å². The van der Waals surface area contributed by atoms with Crippen molar-refractivity contribution in [1.82, 2.24) is 15.0 Å². The van der Waals surface area contributed by atoms with Gasteiger partial charge in [-0.2, -0.15) is 0 Å². The molecule has 0 aliphatic heterocycles. The van der Waals surface area contributed by atoms with Gasteiger partial charge in [-0.1, -0.05) is 12.1 Å². The molecule has 0 fully saturated rings. The topological polar surface area (TPSA) is 70.9 Å². The fraction of sp³-hybridized carbons (Fsp3) is 0.286. The van der Waals surface area contributed by atoms with E-state index in [-0.39, 0.29) is 0 Å². The zero-order valence-corrected chi connectivity index (χ0v) is 14.7. The Morgan fingerprint density at radius 2 is 1.92 bits per heavy atom. The Labute approximate surface area is 153 Å². The van der Waals surface area contributed by atoms with E-state index in [2.05, 4.69) is 10.3 Å². The third kappa shape index (κ3) is 3.67. The van der Waals surface area contributed by atoms with E-state index in [4.69, 9.17) is 9.97 Å². The molecular formula is C21H22N4O. The van der Waals surface area contributed by atoms with Crippen LogP contribution >= 0.6 is 0 Å². The summed E-state index contributed by atoms with van der Waals surface area (Å²) in [7, 11) is 0. The molecule has 0 bridgehead atoms. The normalized spacial score (nSPS) is 12.8. The largest absolute Gasteiger partial charge is 0.508 e. The van der Waals surface area contributed by atoms with Crippen LogP contribution in [-0.4, -0.2) is 26.6 Å². The highest BCUT2D eigenvalue weighted by atomic mass is 16.3. The molecule has 1 aromatic carbocycles. The van der Waals surface area contributed by atoms with Crippen LogP contribution in [0.2, 0.25) is 0 Å². The van der Waals surface area contributed by atoms with Crippen LogP contribution < -0.4 is 5.32 Å². The molecule has 1 aliphatic rings. The monoisotopic (exact) mass is 346 g/mol. The summed E-state index contributed by atoms with van der Waals surface area (Å²) in [5, 5.41) is 12.9. The van der Waals surface area contributed by atoms with Crippen molar-refractivity contribution < 1.29 is 5.11 Å². The van der Waals surface area contributed by atoms with Crippen LogP contribution in [0.3, 0.4) is 0 Å². The Morgan fingerprint density at radius 1 is 1.04 bits per heavy atom. The fourth-order valence-corrected chi connectivity index (χ4v) is 3.36. The van der Waals surface area contributed by atoms with E-state index in [9.17, 15) is 5.11 Å². The number of rotatable bonds is 6. The zero-order chi connectivity index (χ0) is 17.8. The van der Waals surface area contributed by atoms with Crippen molar-refractivity contribution in [2.75, 3.05) is 11.9 Å². The lowest BCUT2D eigenvalue weighted by molar-refractivity contribution is 0.475. The number of fused-ring (bicyclic) bond motifs is 1. The lowest BCUT2D eigenvalue weighted by atomic mass is 10.1. The zero-order valence-electron chi connectivity index (χ0n) is 14.7. The number of pyridine rings is 1. The first-order valence-electron chi connectivity index (χ1n) is 9.11. The van der Waals surface area contributed by atoms with Crippen molar-refractivity contribution in [2.45, 2.75) is 32.1 Å². The van der Waals surface area contributed by atoms with E-state index in [1.165, 1.54) is 16.8 Å². The summed E-state index contributed by atoms with van der Waals surface area (Å²) in [5.74, 6) is 2.03. The average molecular weight is 346 g/mol. The molecule has 0 amide bonds. The molecule has 2 N–H and O–H groups in total. The highest BCUT2D eigenvalue weighted by Gasteiger charge is 2.19. The van der Waals surface area contributed by atoms with Crippen LogP contribution in [0.4, 0.5) is 5.82 Å². The molecule has 1 aliphatic carbocycles. The van der Waals surface area contributed by atoms with Gasteiger partial charge in [0.1, 0.15) is 11.6 Å². The van der Waals surface area contributed by atoms with Gasteiger partial charge in [-0.05, 0) is 61.9 Å². The Balaban J connectivity index is 1.45. The summed E-state index contributed by atoms with van der Waals surface area (Å²) in [6.07, 6.45) is 8.76. The van der Waals surface area contributed by atoms with Gasteiger partial charge in [0.15, 0.2) is 5.82 Å². The molecule has 0 saturated heterocycles.